The van der Waals surface area contributed by atoms with Crippen molar-refractivity contribution in [2.24, 2.45) is 0 Å². The van der Waals surface area contributed by atoms with Crippen molar-refractivity contribution in [3.63, 3.8) is 0 Å². The van der Waals surface area contributed by atoms with E-state index in [4.69, 9.17) is 4.74 Å². The van der Waals surface area contributed by atoms with Crippen LogP contribution in [0.5, 0.6) is 5.75 Å². The predicted molar refractivity (Wildman–Crippen MR) is 93.5 cm³/mol. The van der Waals surface area contributed by atoms with E-state index in [0.717, 1.165) is 49.7 Å². The first kappa shape index (κ1) is 18.3. The Morgan fingerprint density at radius 3 is 2.35 bits per heavy atom. The van der Waals surface area contributed by atoms with E-state index in [2.05, 4.69) is 6.92 Å². The molecule has 0 amide bonds. The Kier molecular flexibility index (Phi) is 6.48. The van der Waals surface area contributed by atoms with Gasteiger partial charge in [-0.2, -0.15) is 4.31 Å². The van der Waals surface area contributed by atoms with Crippen LogP contribution in [0.3, 0.4) is 0 Å². The van der Waals surface area contributed by atoms with E-state index in [1.54, 1.807) is 10.4 Å². The topological polar surface area (TPSA) is 46.6 Å². The molecule has 23 heavy (non-hydrogen) atoms. The van der Waals surface area contributed by atoms with Crippen LogP contribution in [0.1, 0.15) is 56.6 Å². The summed E-state index contributed by atoms with van der Waals surface area (Å²) >= 11 is 0. The lowest BCUT2D eigenvalue weighted by Crippen LogP contribution is -2.35. The zero-order valence-electron chi connectivity index (χ0n) is 14.6. The maximum absolute atomic E-state index is 13.0. The largest absolute Gasteiger partial charge is 0.492 e. The molecule has 0 aliphatic carbocycles. The number of benzene rings is 1. The number of hydrogen-bond donors (Lipinski definition) is 0. The molecule has 5 heteroatoms. The van der Waals surface area contributed by atoms with Crippen molar-refractivity contribution in [3.05, 3.63) is 23.3 Å². The van der Waals surface area contributed by atoms with Crippen molar-refractivity contribution in [1.29, 1.82) is 0 Å². The molecular weight excluding hydrogens is 310 g/mol. The summed E-state index contributed by atoms with van der Waals surface area (Å²) in [7, 11) is -3.47. The lowest BCUT2D eigenvalue weighted by atomic mass is 10.1. The van der Waals surface area contributed by atoms with E-state index in [0.29, 0.717) is 30.3 Å². The Hall–Kier alpha value is -1.07. The maximum atomic E-state index is 13.0. The molecule has 0 saturated carbocycles. The third-order valence-electron chi connectivity index (χ3n) is 4.50. The molecule has 4 nitrogen and oxygen atoms in total. The zero-order chi connectivity index (χ0) is 16.9. The highest BCUT2D eigenvalue weighted by molar-refractivity contribution is 7.89. The second kappa shape index (κ2) is 8.15. The minimum absolute atomic E-state index is 0.332. The van der Waals surface area contributed by atoms with Gasteiger partial charge < -0.3 is 4.74 Å². The Labute approximate surface area is 140 Å². The van der Waals surface area contributed by atoms with Gasteiger partial charge in [0, 0.05) is 13.1 Å². The first-order valence-corrected chi connectivity index (χ1v) is 10.1. The fourth-order valence-corrected chi connectivity index (χ4v) is 4.57. The van der Waals surface area contributed by atoms with Gasteiger partial charge in [0.2, 0.25) is 10.0 Å². The Bertz CT molecular complexity index is 619. The second-order valence-corrected chi connectivity index (χ2v) is 8.31. The average Bonchev–Trinajstić information content (AvgIpc) is 2.55. The Balaban J connectivity index is 2.29. The minimum Gasteiger partial charge on any atom is -0.492 e. The molecule has 1 aromatic rings. The number of piperidine rings is 1. The number of sulfonamides is 1. The fourth-order valence-electron chi connectivity index (χ4n) is 2.86. The summed E-state index contributed by atoms with van der Waals surface area (Å²) in [5.74, 6) is 0.509. The van der Waals surface area contributed by atoms with Gasteiger partial charge in [-0.05, 0) is 56.4 Å². The van der Waals surface area contributed by atoms with Gasteiger partial charge in [0.15, 0.2) is 0 Å². The predicted octanol–water partition coefficient (Wildman–Crippen LogP) is 4.05. The van der Waals surface area contributed by atoms with Crippen LogP contribution in [-0.4, -0.2) is 32.4 Å². The molecule has 1 heterocycles. The van der Waals surface area contributed by atoms with Crippen LogP contribution in [0.15, 0.2) is 17.0 Å². The molecule has 0 unspecified atom stereocenters. The van der Waals surface area contributed by atoms with E-state index in [-0.39, 0.29) is 0 Å². The molecule has 0 spiro atoms. The first-order chi connectivity index (χ1) is 11.0. The number of hydrogen-bond acceptors (Lipinski definition) is 3. The van der Waals surface area contributed by atoms with Gasteiger partial charge in [-0.25, -0.2) is 8.42 Å². The van der Waals surface area contributed by atoms with Crippen LogP contribution in [0.4, 0.5) is 0 Å². The molecule has 0 N–H and O–H groups in total. The van der Waals surface area contributed by atoms with E-state index in [1.165, 1.54) is 0 Å². The first-order valence-electron chi connectivity index (χ1n) is 8.71. The summed E-state index contributed by atoms with van der Waals surface area (Å²) in [5.41, 5.74) is 2.05. The van der Waals surface area contributed by atoms with Crippen molar-refractivity contribution in [3.8, 4) is 5.75 Å². The van der Waals surface area contributed by atoms with Crippen molar-refractivity contribution in [2.45, 2.75) is 64.2 Å². The van der Waals surface area contributed by atoms with Crippen molar-refractivity contribution < 1.29 is 13.2 Å². The minimum atomic E-state index is -3.47. The smallest absolute Gasteiger partial charge is 0.246 e. The quantitative estimate of drug-likeness (QED) is 0.704. The molecule has 0 bridgehead atoms. The summed E-state index contributed by atoms with van der Waals surface area (Å²) < 4.78 is 33.5. The van der Waals surface area contributed by atoms with Gasteiger partial charge in [0.25, 0.3) is 0 Å². The number of aryl methyl sites for hydroxylation is 2. The monoisotopic (exact) mass is 339 g/mol. The molecule has 2 rings (SSSR count). The summed E-state index contributed by atoms with van der Waals surface area (Å²) in [6.07, 6.45) is 6.16. The van der Waals surface area contributed by atoms with Crippen LogP contribution in [0, 0.1) is 13.8 Å². The van der Waals surface area contributed by atoms with Gasteiger partial charge in [0.1, 0.15) is 10.6 Å². The molecule has 1 aliphatic rings. The number of ether oxygens (including phenoxy) is 1. The molecule has 1 fully saturated rings. The molecule has 0 aromatic heterocycles. The number of unbranched alkanes of at least 4 members (excludes halogenated alkanes) is 2. The molecule has 1 saturated heterocycles. The molecule has 0 radical (unpaired) electrons. The highest BCUT2D eigenvalue weighted by atomic mass is 32.2. The summed E-state index contributed by atoms with van der Waals surface area (Å²) in [6.45, 7) is 7.88. The van der Waals surface area contributed by atoms with Gasteiger partial charge in [-0.15, -0.1) is 0 Å². The molecule has 1 aliphatic heterocycles. The van der Waals surface area contributed by atoms with Crippen molar-refractivity contribution >= 4 is 10.0 Å². The molecular formula is C18H29NO3S. The Morgan fingerprint density at radius 2 is 1.70 bits per heavy atom. The SMILES string of the molecule is CCCCCOc1cc(C)c(C)cc1S(=O)(=O)N1CCCCC1. The highest BCUT2D eigenvalue weighted by Crippen LogP contribution is 2.31. The van der Waals surface area contributed by atoms with Crippen LogP contribution in [-0.2, 0) is 10.0 Å². The van der Waals surface area contributed by atoms with Crippen LogP contribution in [0.2, 0.25) is 0 Å². The van der Waals surface area contributed by atoms with Crippen LogP contribution >= 0.6 is 0 Å². The number of rotatable bonds is 7. The van der Waals surface area contributed by atoms with Gasteiger partial charge >= 0.3 is 0 Å². The van der Waals surface area contributed by atoms with Crippen molar-refractivity contribution in [1.82, 2.24) is 4.31 Å². The third-order valence-corrected chi connectivity index (χ3v) is 6.42. The van der Waals surface area contributed by atoms with E-state index < -0.39 is 10.0 Å². The van der Waals surface area contributed by atoms with E-state index in [9.17, 15) is 8.42 Å². The van der Waals surface area contributed by atoms with Crippen LogP contribution in [0.25, 0.3) is 0 Å². The summed E-state index contributed by atoms with van der Waals surface area (Å²) in [6, 6.07) is 3.65. The standard InChI is InChI=1S/C18H29NO3S/c1-4-5-9-12-22-17-13-15(2)16(3)14-18(17)23(20,21)19-10-7-6-8-11-19/h13-14H,4-12H2,1-3H3. The molecule has 0 atom stereocenters. The second-order valence-electron chi connectivity index (χ2n) is 6.40. The zero-order valence-corrected chi connectivity index (χ0v) is 15.4. The van der Waals surface area contributed by atoms with Gasteiger partial charge in [0.05, 0.1) is 6.61 Å². The van der Waals surface area contributed by atoms with E-state index >= 15 is 0 Å². The Morgan fingerprint density at radius 1 is 1.04 bits per heavy atom. The maximum Gasteiger partial charge on any atom is 0.246 e. The highest BCUT2D eigenvalue weighted by Gasteiger charge is 2.29. The molecule has 1 aromatic carbocycles. The van der Waals surface area contributed by atoms with Gasteiger partial charge in [-0.1, -0.05) is 26.2 Å². The van der Waals surface area contributed by atoms with Crippen LogP contribution < -0.4 is 4.74 Å². The lowest BCUT2D eigenvalue weighted by Gasteiger charge is -2.27. The summed E-state index contributed by atoms with van der Waals surface area (Å²) in [5, 5.41) is 0. The number of nitrogens with zero attached hydrogens (tertiary/aromatic N) is 1. The average molecular weight is 340 g/mol. The van der Waals surface area contributed by atoms with Gasteiger partial charge in [-0.3, -0.25) is 0 Å². The van der Waals surface area contributed by atoms with E-state index in [1.807, 2.05) is 19.9 Å². The lowest BCUT2D eigenvalue weighted by molar-refractivity contribution is 0.295. The normalized spacial score (nSPS) is 16.5. The third kappa shape index (κ3) is 4.48. The molecule has 130 valence electrons. The van der Waals surface area contributed by atoms with Crippen molar-refractivity contribution in [2.75, 3.05) is 19.7 Å². The summed E-state index contributed by atoms with van der Waals surface area (Å²) in [4.78, 5) is 0.332. The fraction of sp³-hybridized carbons (Fsp3) is 0.667.